The van der Waals surface area contributed by atoms with Crippen molar-refractivity contribution in [1.29, 1.82) is 0 Å². The molecule has 56 heavy (non-hydrogen) atoms. The number of hydrogen-bond acceptors (Lipinski definition) is 4. The van der Waals surface area contributed by atoms with Crippen LogP contribution in [0.1, 0.15) is 0 Å². The number of fused-ring (bicyclic) bond motifs is 9. The summed E-state index contributed by atoms with van der Waals surface area (Å²) in [6.07, 6.45) is 1.84. The molecule has 2 aromatic heterocycles. The van der Waals surface area contributed by atoms with Crippen molar-refractivity contribution in [3.63, 3.8) is 0 Å². The average Bonchev–Trinajstić information content (AvgIpc) is 3.29. The Morgan fingerprint density at radius 3 is 1.36 bits per heavy atom. The van der Waals surface area contributed by atoms with E-state index in [-0.39, 0.29) is 0 Å². The van der Waals surface area contributed by atoms with Crippen LogP contribution in [0.5, 0.6) is 0 Å². The van der Waals surface area contributed by atoms with Crippen LogP contribution in [0.3, 0.4) is 0 Å². The second kappa shape index (κ2) is 13.1. The minimum absolute atomic E-state index is 0.625. The Bertz CT molecular complexity index is 3280. The molecule has 0 N–H and O–H groups in total. The quantitative estimate of drug-likeness (QED) is 0.167. The predicted octanol–water partition coefficient (Wildman–Crippen LogP) is 13.4. The third-order valence-electron chi connectivity index (χ3n) is 11.0. The summed E-state index contributed by atoms with van der Waals surface area (Å²) in [5.74, 6) is 1.89. The first-order chi connectivity index (χ1) is 27.8. The normalized spacial score (nSPS) is 11.6. The Morgan fingerprint density at radius 2 is 0.732 bits per heavy atom. The number of hydrogen-bond donors (Lipinski definition) is 0. The highest BCUT2D eigenvalue weighted by Gasteiger charge is 2.17. The van der Waals surface area contributed by atoms with Crippen LogP contribution in [0.4, 0.5) is 0 Å². The van der Waals surface area contributed by atoms with Crippen molar-refractivity contribution in [3.8, 4) is 56.4 Å². The van der Waals surface area contributed by atoms with E-state index in [1.54, 1.807) is 0 Å². The van der Waals surface area contributed by atoms with Crippen LogP contribution in [-0.2, 0) is 0 Å². The fourth-order valence-electron chi connectivity index (χ4n) is 8.29. The highest BCUT2D eigenvalue weighted by Crippen LogP contribution is 2.43. The lowest BCUT2D eigenvalue weighted by atomic mass is 9.87. The van der Waals surface area contributed by atoms with Gasteiger partial charge in [0.1, 0.15) is 0 Å². The summed E-state index contributed by atoms with van der Waals surface area (Å²) < 4.78 is 0. The molecular weight excluding hydrogens is 681 g/mol. The van der Waals surface area contributed by atoms with Crippen LogP contribution >= 0.6 is 0 Å². The van der Waals surface area contributed by atoms with Gasteiger partial charge in [-0.3, -0.25) is 4.98 Å². The highest BCUT2D eigenvalue weighted by atomic mass is 15.0. The molecule has 0 amide bonds. The fourth-order valence-corrected chi connectivity index (χ4v) is 8.29. The lowest BCUT2D eigenvalue weighted by Crippen LogP contribution is -2.00. The second-order valence-corrected chi connectivity index (χ2v) is 14.2. The molecule has 0 fully saturated rings. The van der Waals surface area contributed by atoms with E-state index >= 15 is 0 Å². The zero-order valence-electron chi connectivity index (χ0n) is 30.3. The van der Waals surface area contributed by atoms with E-state index < -0.39 is 0 Å². The zero-order chi connectivity index (χ0) is 37.0. The average molecular weight is 713 g/mol. The molecule has 0 saturated heterocycles. The lowest BCUT2D eigenvalue weighted by molar-refractivity contribution is 1.07. The van der Waals surface area contributed by atoms with E-state index in [0.29, 0.717) is 17.5 Å². The third kappa shape index (κ3) is 5.31. The monoisotopic (exact) mass is 712 g/mol. The van der Waals surface area contributed by atoms with Gasteiger partial charge in [-0.2, -0.15) is 0 Å². The molecule has 0 spiro atoms. The van der Waals surface area contributed by atoms with E-state index in [9.17, 15) is 0 Å². The van der Waals surface area contributed by atoms with E-state index in [4.69, 9.17) is 15.0 Å². The Labute approximate surface area is 323 Å². The largest absolute Gasteiger partial charge is 0.256 e. The SMILES string of the molecule is c1ccc(-c2nc(-c3ccc(-c4cc5c6ccccc6c6ccccc6c5c5ccccc45)cc3)nc(-c3ccc(-c4cccc5cccnc45)cc3)n2)cc1. The number of pyridine rings is 1. The van der Waals surface area contributed by atoms with Crippen molar-refractivity contribution < 1.29 is 0 Å². The first-order valence-electron chi connectivity index (χ1n) is 18.9. The van der Waals surface area contributed by atoms with Crippen molar-refractivity contribution in [2.24, 2.45) is 0 Å². The molecule has 9 aromatic carbocycles. The fraction of sp³-hybridized carbons (Fsp3) is 0. The molecule has 0 atom stereocenters. The molecule has 0 aliphatic carbocycles. The minimum Gasteiger partial charge on any atom is -0.256 e. The Hall–Kier alpha value is -7.56. The second-order valence-electron chi connectivity index (χ2n) is 14.2. The maximum Gasteiger partial charge on any atom is 0.164 e. The maximum absolute atomic E-state index is 5.07. The molecule has 0 aliphatic heterocycles. The van der Waals surface area contributed by atoms with Crippen LogP contribution < -0.4 is 0 Å². The zero-order valence-corrected chi connectivity index (χ0v) is 30.3. The summed E-state index contributed by atoms with van der Waals surface area (Å²) in [5.41, 5.74) is 8.29. The standard InChI is InChI=1S/C52H32N4/c1-2-12-36(13-3-1)50-54-51(37-27-23-33(24-28-37)39-22-10-14-35-15-11-31-53-49(35)39)56-52(55-50)38-29-25-34(26-30-38)46-32-47-42-18-5-4-16-40(42)41-17-6-8-20-44(41)48(47)45-21-9-7-19-43(45)46/h1-32H. The van der Waals surface area contributed by atoms with Crippen molar-refractivity contribution in [2.45, 2.75) is 0 Å². The van der Waals surface area contributed by atoms with Crippen molar-refractivity contribution >= 4 is 54.0 Å². The van der Waals surface area contributed by atoms with Crippen LogP contribution in [-0.4, -0.2) is 19.9 Å². The summed E-state index contributed by atoms with van der Waals surface area (Å²) in [5, 5.41) is 11.2. The van der Waals surface area contributed by atoms with Gasteiger partial charge in [-0.1, -0.05) is 176 Å². The van der Waals surface area contributed by atoms with Crippen LogP contribution in [0.2, 0.25) is 0 Å². The van der Waals surface area contributed by atoms with Crippen molar-refractivity contribution in [2.75, 3.05) is 0 Å². The highest BCUT2D eigenvalue weighted by molar-refractivity contribution is 6.33. The molecule has 260 valence electrons. The number of benzene rings is 9. The predicted molar refractivity (Wildman–Crippen MR) is 232 cm³/mol. The van der Waals surface area contributed by atoms with Crippen LogP contribution in [0.15, 0.2) is 194 Å². The van der Waals surface area contributed by atoms with Crippen molar-refractivity contribution in [3.05, 3.63) is 194 Å². The molecule has 11 aromatic rings. The Balaban J connectivity index is 1.03. The summed E-state index contributed by atoms with van der Waals surface area (Å²) >= 11 is 0. The van der Waals surface area contributed by atoms with Gasteiger partial charge < -0.3 is 0 Å². The molecule has 0 saturated carbocycles. The molecule has 2 heterocycles. The first-order valence-corrected chi connectivity index (χ1v) is 18.9. The van der Waals surface area contributed by atoms with E-state index in [0.717, 1.165) is 44.3 Å². The van der Waals surface area contributed by atoms with Gasteiger partial charge in [-0.25, -0.2) is 15.0 Å². The van der Waals surface area contributed by atoms with Gasteiger partial charge in [0, 0.05) is 33.8 Å². The molecule has 0 radical (unpaired) electrons. The number of para-hydroxylation sites is 1. The topological polar surface area (TPSA) is 51.6 Å². The van der Waals surface area contributed by atoms with Gasteiger partial charge in [-0.15, -0.1) is 0 Å². The Morgan fingerprint density at radius 1 is 0.286 bits per heavy atom. The summed E-state index contributed by atoms with van der Waals surface area (Å²) in [6.45, 7) is 0. The summed E-state index contributed by atoms with van der Waals surface area (Å²) in [6, 6.07) is 66.3. The van der Waals surface area contributed by atoms with E-state index in [2.05, 4.69) is 157 Å². The summed E-state index contributed by atoms with van der Waals surface area (Å²) in [7, 11) is 0. The van der Waals surface area contributed by atoms with Gasteiger partial charge in [0.05, 0.1) is 5.52 Å². The molecule has 0 aliphatic rings. The Kier molecular flexibility index (Phi) is 7.46. The van der Waals surface area contributed by atoms with Crippen LogP contribution in [0, 0.1) is 0 Å². The molecule has 11 rings (SSSR count). The molecule has 0 bridgehead atoms. The van der Waals surface area contributed by atoms with Gasteiger partial charge in [0.25, 0.3) is 0 Å². The van der Waals surface area contributed by atoms with Gasteiger partial charge in [0.15, 0.2) is 17.5 Å². The van der Waals surface area contributed by atoms with Crippen LogP contribution in [0.25, 0.3) is 110 Å². The molecule has 0 unspecified atom stereocenters. The van der Waals surface area contributed by atoms with Crippen molar-refractivity contribution in [1.82, 2.24) is 19.9 Å². The number of rotatable bonds is 5. The number of nitrogens with zero attached hydrogens (tertiary/aromatic N) is 4. The van der Waals surface area contributed by atoms with Gasteiger partial charge in [-0.05, 0) is 71.9 Å². The minimum atomic E-state index is 0.625. The summed E-state index contributed by atoms with van der Waals surface area (Å²) in [4.78, 5) is 19.8. The lowest BCUT2D eigenvalue weighted by Gasteiger charge is -2.16. The van der Waals surface area contributed by atoms with E-state index in [1.807, 2.05) is 42.6 Å². The molecular formula is C52H32N4. The molecule has 4 heteroatoms. The van der Waals surface area contributed by atoms with Gasteiger partial charge in [0.2, 0.25) is 0 Å². The van der Waals surface area contributed by atoms with E-state index in [1.165, 1.54) is 48.7 Å². The number of aromatic nitrogens is 4. The van der Waals surface area contributed by atoms with Gasteiger partial charge >= 0.3 is 0 Å². The maximum atomic E-state index is 5.07. The molecule has 4 nitrogen and oxygen atoms in total. The third-order valence-corrected chi connectivity index (χ3v) is 11.0. The smallest absolute Gasteiger partial charge is 0.164 e. The first kappa shape index (κ1) is 31.9.